The molecule has 0 saturated carbocycles. The number of benzene rings is 3. The fraction of sp³-hybridized carbons (Fsp3) is 0.226. The van der Waals surface area contributed by atoms with Crippen molar-refractivity contribution >= 4 is 57.4 Å². The van der Waals surface area contributed by atoms with Gasteiger partial charge < -0.3 is 20.3 Å². The molecule has 4 aromatic rings. The molecule has 0 spiro atoms. The highest BCUT2D eigenvalue weighted by Gasteiger charge is 2.21. The molecular weight excluding hydrogens is 595 g/mol. The summed E-state index contributed by atoms with van der Waals surface area (Å²) in [5, 5.41) is 8.48. The number of halogens is 2. The molecule has 3 aromatic carbocycles. The molecular formula is C31H30Cl2N4O4S. The molecule has 1 aromatic heterocycles. The molecule has 0 fully saturated rings. The monoisotopic (exact) mass is 624 g/mol. The standard InChI is InChI=1S/C31H30Cl2N4O4S/c1-41-15-14-37(30(40)23-12-13-25(32)26(33)17-23)19-29(39)36-31-34-24(20-42-31)18-28(38)35-27(22-10-6-3-7-11-22)16-21-8-4-2-5-9-21/h2-13,17,20,27H,14-16,18-19H2,1H3,(H,35,38)(H,34,36,39). The zero-order chi connectivity index (χ0) is 29.9. The van der Waals surface area contributed by atoms with Crippen molar-refractivity contribution in [1.82, 2.24) is 15.2 Å². The number of carbonyl (C=O) groups is 3. The highest BCUT2D eigenvalue weighted by molar-refractivity contribution is 7.13. The number of nitrogens with zero attached hydrogens (tertiary/aromatic N) is 2. The summed E-state index contributed by atoms with van der Waals surface area (Å²) < 4.78 is 5.11. The Bertz CT molecular complexity index is 1500. The maximum atomic E-state index is 13.1. The molecule has 0 radical (unpaired) electrons. The van der Waals surface area contributed by atoms with E-state index in [2.05, 4.69) is 15.6 Å². The number of methoxy groups -OCH3 is 1. The molecule has 218 valence electrons. The van der Waals surface area contributed by atoms with Crippen LogP contribution < -0.4 is 10.6 Å². The van der Waals surface area contributed by atoms with Crippen LogP contribution in [0.25, 0.3) is 0 Å². The van der Waals surface area contributed by atoms with Gasteiger partial charge in [-0.15, -0.1) is 11.3 Å². The molecule has 42 heavy (non-hydrogen) atoms. The summed E-state index contributed by atoms with van der Waals surface area (Å²) in [4.78, 5) is 44.7. The number of rotatable bonds is 13. The highest BCUT2D eigenvalue weighted by Crippen LogP contribution is 2.24. The third-order valence-electron chi connectivity index (χ3n) is 6.31. The molecule has 8 nitrogen and oxygen atoms in total. The summed E-state index contributed by atoms with van der Waals surface area (Å²) in [6.45, 7) is 0.207. The average Bonchev–Trinajstić information content (AvgIpc) is 3.43. The van der Waals surface area contributed by atoms with Gasteiger partial charge in [-0.25, -0.2) is 4.98 Å². The molecule has 0 aliphatic heterocycles. The van der Waals surface area contributed by atoms with Crippen LogP contribution in [0, 0.1) is 0 Å². The van der Waals surface area contributed by atoms with E-state index in [0.717, 1.165) is 11.1 Å². The first kappa shape index (κ1) is 31.2. The van der Waals surface area contributed by atoms with E-state index in [1.807, 2.05) is 60.7 Å². The Balaban J connectivity index is 1.36. The summed E-state index contributed by atoms with van der Waals surface area (Å²) in [7, 11) is 1.51. The molecule has 2 N–H and O–H groups in total. The van der Waals surface area contributed by atoms with Gasteiger partial charge in [-0.3, -0.25) is 14.4 Å². The predicted molar refractivity (Wildman–Crippen MR) is 166 cm³/mol. The second-order valence-corrected chi connectivity index (χ2v) is 11.1. The average molecular weight is 626 g/mol. The van der Waals surface area contributed by atoms with Crippen molar-refractivity contribution in [2.24, 2.45) is 0 Å². The quantitative estimate of drug-likeness (QED) is 0.195. The van der Waals surface area contributed by atoms with Crippen LogP contribution in [0.2, 0.25) is 10.0 Å². The van der Waals surface area contributed by atoms with Crippen molar-refractivity contribution in [2.45, 2.75) is 18.9 Å². The Morgan fingerprint density at radius 2 is 1.67 bits per heavy atom. The van der Waals surface area contributed by atoms with E-state index < -0.39 is 5.91 Å². The van der Waals surface area contributed by atoms with Crippen molar-refractivity contribution in [3.05, 3.63) is 117 Å². The molecule has 0 aliphatic carbocycles. The SMILES string of the molecule is COCCN(CC(=O)Nc1nc(CC(=O)NC(Cc2ccccc2)c2ccccc2)cs1)C(=O)c1ccc(Cl)c(Cl)c1. The van der Waals surface area contributed by atoms with Crippen molar-refractivity contribution < 1.29 is 19.1 Å². The first-order chi connectivity index (χ1) is 20.3. The number of hydrogen-bond donors (Lipinski definition) is 2. The lowest BCUT2D eigenvalue weighted by atomic mass is 9.98. The molecule has 4 rings (SSSR count). The minimum absolute atomic E-state index is 0.0558. The van der Waals surface area contributed by atoms with Crippen LogP contribution in [0.15, 0.2) is 84.2 Å². The number of carbonyl (C=O) groups excluding carboxylic acids is 3. The van der Waals surface area contributed by atoms with Gasteiger partial charge in [0.1, 0.15) is 6.54 Å². The lowest BCUT2D eigenvalue weighted by molar-refractivity contribution is -0.121. The van der Waals surface area contributed by atoms with Crippen molar-refractivity contribution in [3.8, 4) is 0 Å². The summed E-state index contributed by atoms with van der Waals surface area (Å²) >= 11 is 13.2. The third kappa shape index (κ3) is 9.12. The van der Waals surface area contributed by atoms with E-state index in [0.29, 0.717) is 27.8 Å². The fourth-order valence-corrected chi connectivity index (χ4v) is 5.27. The minimum Gasteiger partial charge on any atom is -0.383 e. The molecule has 1 unspecified atom stereocenters. The number of nitrogens with one attached hydrogen (secondary N) is 2. The molecule has 3 amide bonds. The van der Waals surface area contributed by atoms with Crippen molar-refractivity contribution in [2.75, 3.05) is 32.1 Å². The van der Waals surface area contributed by atoms with E-state index in [1.54, 1.807) is 11.4 Å². The maximum Gasteiger partial charge on any atom is 0.254 e. The first-order valence-corrected chi connectivity index (χ1v) is 14.8. The van der Waals surface area contributed by atoms with Crippen LogP contribution in [-0.2, 0) is 27.2 Å². The lowest BCUT2D eigenvalue weighted by Gasteiger charge is -2.22. The summed E-state index contributed by atoms with van der Waals surface area (Å²) in [5.74, 6) is -1.00. The minimum atomic E-state index is -0.433. The summed E-state index contributed by atoms with van der Waals surface area (Å²) in [5.41, 5.74) is 2.95. The summed E-state index contributed by atoms with van der Waals surface area (Å²) in [6, 6.07) is 24.1. The Kier molecular flexibility index (Phi) is 11.5. The second kappa shape index (κ2) is 15.5. The lowest BCUT2D eigenvalue weighted by Crippen LogP contribution is -2.40. The van der Waals surface area contributed by atoms with Crippen molar-refractivity contribution in [1.29, 1.82) is 0 Å². The van der Waals surface area contributed by atoms with Crippen molar-refractivity contribution in [3.63, 3.8) is 0 Å². The van der Waals surface area contributed by atoms with Crippen LogP contribution in [0.1, 0.15) is 33.2 Å². The number of amides is 3. The number of ether oxygens (including phenoxy) is 1. The largest absolute Gasteiger partial charge is 0.383 e. The van der Waals surface area contributed by atoms with Gasteiger partial charge in [-0.2, -0.15) is 0 Å². The fourth-order valence-electron chi connectivity index (χ4n) is 4.24. The molecule has 0 aliphatic rings. The first-order valence-electron chi connectivity index (χ1n) is 13.2. The smallest absolute Gasteiger partial charge is 0.254 e. The van der Waals surface area contributed by atoms with Gasteiger partial charge in [0, 0.05) is 24.6 Å². The number of anilines is 1. The molecule has 1 heterocycles. The maximum absolute atomic E-state index is 13.1. The predicted octanol–water partition coefficient (Wildman–Crippen LogP) is 5.82. The van der Waals surface area contributed by atoms with Gasteiger partial charge in [-0.1, -0.05) is 83.9 Å². The topological polar surface area (TPSA) is 101 Å². The highest BCUT2D eigenvalue weighted by atomic mass is 35.5. The van der Waals surface area contributed by atoms with Crippen LogP contribution in [0.3, 0.4) is 0 Å². The van der Waals surface area contributed by atoms with Gasteiger partial charge in [0.05, 0.1) is 34.8 Å². The van der Waals surface area contributed by atoms with Crippen LogP contribution >= 0.6 is 34.5 Å². The van der Waals surface area contributed by atoms with Crippen LogP contribution in [-0.4, -0.2) is 54.4 Å². The van der Waals surface area contributed by atoms with E-state index in [9.17, 15) is 14.4 Å². The van der Waals surface area contributed by atoms with E-state index in [-0.39, 0.29) is 49.0 Å². The number of thiazole rings is 1. The molecule has 11 heteroatoms. The Morgan fingerprint density at radius 3 is 2.36 bits per heavy atom. The van der Waals surface area contributed by atoms with E-state index in [1.165, 1.54) is 35.5 Å². The van der Waals surface area contributed by atoms with Crippen LogP contribution in [0.5, 0.6) is 0 Å². The van der Waals surface area contributed by atoms with Gasteiger partial charge in [0.25, 0.3) is 5.91 Å². The van der Waals surface area contributed by atoms with Gasteiger partial charge in [0.15, 0.2) is 5.13 Å². The zero-order valence-electron chi connectivity index (χ0n) is 22.9. The Hall–Kier alpha value is -3.76. The van der Waals surface area contributed by atoms with E-state index >= 15 is 0 Å². The molecule has 0 bridgehead atoms. The van der Waals surface area contributed by atoms with Gasteiger partial charge in [0.2, 0.25) is 11.8 Å². The molecule has 1 atom stereocenters. The Labute approximate surface area is 258 Å². The van der Waals surface area contributed by atoms with E-state index in [4.69, 9.17) is 27.9 Å². The summed E-state index contributed by atoms with van der Waals surface area (Å²) in [6.07, 6.45) is 0.704. The second-order valence-electron chi connectivity index (χ2n) is 9.44. The zero-order valence-corrected chi connectivity index (χ0v) is 25.2. The number of hydrogen-bond acceptors (Lipinski definition) is 6. The number of aromatic nitrogens is 1. The van der Waals surface area contributed by atoms with Gasteiger partial charge in [-0.05, 0) is 35.7 Å². The van der Waals surface area contributed by atoms with Crippen LogP contribution in [0.4, 0.5) is 5.13 Å². The molecule has 0 saturated heterocycles. The van der Waals surface area contributed by atoms with Gasteiger partial charge >= 0.3 is 0 Å². The normalized spacial score (nSPS) is 11.5. The third-order valence-corrected chi connectivity index (χ3v) is 7.86. The Morgan fingerprint density at radius 1 is 0.952 bits per heavy atom.